The van der Waals surface area contributed by atoms with Crippen molar-refractivity contribution in [3.63, 3.8) is 0 Å². The van der Waals surface area contributed by atoms with Crippen LogP contribution in [-0.2, 0) is 4.79 Å². The van der Waals surface area contributed by atoms with Crippen LogP contribution in [0, 0.1) is 6.92 Å². The van der Waals surface area contributed by atoms with Gasteiger partial charge >= 0.3 is 5.97 Å². The van der Waals surface area contributed by atoms with Crippen LogP contribution >= 0.6 is 0 Å². The molecule has 1 fully saturated rings. The Kier molecular flexibility index (Phi) is 3.74. The predicted octanol–water partition coefficient (Wildman–Crippen LogP) is 1.78. The highest BCUT2D eigenvalue weighted by atomic mass is 16.4. The number of aliphatic carboxylic acids is 1. The standard InChI is InChI=1S/C14H17NO4/c1-9-8-10(5-6-12(9)16)13(17)15-7-3-2-4-11(15)14(18)19/h5-6,8,11,16H,2-4,7H2,1H3,(H,18,19)/t11-/m1/s1. The van der Waals surface area contributed by atoms with Crippen LogP contribution in [0.3, 0.4) is 0 Å². The highest BCUT2D eigenvalue weighted by molar-refractivity contribution is 5.97. The monoisotopic (exact) mass is 263 g/mol. The number of likely N-dealkylation sites (tertiary alicyclic amines) is 1. The first-order chi connectivity index (χ1) is 9.00. The number of carbonyl (C=O) groups is 2. The number of nitrogens with zero attached hydrogens (tertiary/aromatic N) is 1. The summed E-state index contributed by atoms with van der Waals surface area (Å²) in [5.74, 6) is -1.11. The van der Waals surface area contributed by atoms with Crippen LogP contribution in [0.15, 0.2) is 18.2 Å². The third-order valence-electron chi connectivity index (χ3n) is 3.49. The quantitative estimate of drug-likeness (QED) is 0.852. The first-order valence-corrected chi connectivity index (χ1v) is 6.34. The highest BCUT2D eigenvalue weighted by Crippen LogP contribution is 2.22. The molecular formula is C14H17NO4. The zero-order valence-corrected chi connectivity index (χ0v) is 10.8. The first-order valence-electron chi connectivity index (χ1n) is 6.34. The van der Waals surface area contributed by atoms with Crippen molar-refractivity contribution in [1.82, 2.24) is 4.90 Å². The molecule has 1 saturated heterocycles. The third-order valence-corrected chi connectivity index (χ3v) is 3.49. The number of amides is 1. The molecule has 2 rings (SSSR count). The van der Waals surface area contributed by atoms with Crippen LogP contribution in [0.5, 0.6) is 5.75 Å². The van der Waals surface area contributed by atoms with Crippen molar-refractivity contribution in [2.24, 2.45) is 0 Å². The van der Waals surface area contributed by atoms with Gasteiger partial charge in [-0.15, -0.1) is 0 Å². The molecule has 1 aliphatic heterocycles. The SMILES string of the molecule is Cc1cc(C(=O)N2CCCC[C@@H]2C(=O)O)ccc1O. The van der Waals surface area contributed by atoms with E-state index in [4.69, 9.17) is 5.11 Å². The van der Waals surface area contributed by atoms with E-state index in [0.29, 0.717) is 24.1 Å². The topological polar surface area (TPSA) is 77.8 Å². The lowest BCUT2D eigenvalue weighted by atomic mass is 10.0. The van der Waals surface area contributed by atoms with Gasteiger partial charge in [0.25, 0.3) is 5.91 Å². The van der Waals surface area contributed by atoms with E-state index in [1.165, 1.54) is 17.0 Å². The Balaban J connectivity index is 2.26. The van der Waals surface area contributed by atoms with Gasteiger partial charge in [0.1, 0.15) is 11.8 Å². The van der Waals surface area contributed by atoms with Gasteiger partial charge in [0.05, 0.1) is 0 Å². The van der Waals surface area contributed by atoms with Crippen LogP contribution in [0.4, 0.5) is 0 Å². The molecule has 1 aliphatic rings. The molecule has 0 bridgehead atoms. The smallest absolute Gasteiger partial charge is 0.326 e. The molecule has 102 valence electrons. The summed E-state index contributed by atoms with van der Waals surface area (Å²) >= 11 is 0. The van der Waals surface area contributed by atoms with Crippen molar-refractivity contribution in [2.45, 2.75) is 32.2 Å². The van der Waals surface area contributed by atoms with Crippen LogP contribution < -0.4 is 0 Å². The largest absolute Gasteiger partial charge is 0.508 e. The number of phenolic OH excluding ortho intramolecular Hbond substituents is 1. The molecule has 1 aromatic rings. The number of hydrogen-bond acceptors (Lipinski definition) is 3. The fraction of sp³-hybridized carbons (Fsp3) is 0.429. The molecule has 0 aliphatic carbocycles. The van der Waals surface area contributed by atoms with Crippen molar-refractivity contribution in [3.8, 4) is 5.75 Å². The fourth-order valence-corrected chi connectivity index (χ4v) is 2.39. The summed E-state index contributed by atoms with van der Waals surface area (Å²) in [6, 6.07) is 3.83. The van der Waals surface area contributed by atoms with E-state index in [-0.39, 0.29) is 11.7 Å². The number of benzene rings is 1. The number of hydrogen-bond donors (Lipinski definition) is 2. The second-order valence-corrected chi connectivity index (χ2v) is 4.85. The Bertz CT molecular complexity index is 512. The first kappa shape index (κ1) is 13.4. The van der Waals surface area contributed by atoms with E-state index in [9.17, 15) is 14.7 Å². The number of aromatic hydroxyl groups is 1. The number of aryl methyl sites for hydroxylation is 1. The number of carboxylic acid groups (broad SMARTS) is 1. The van der Waals surface area contributed by atoms with Crippen molar-refractivity contribution in [2.75, 3.05) is 6.54 Å². The van der Waals surface area contributed by atoms with E-state index >= 15 is 0 Å². The van der Waals surface area contributed by atoms with Gasteiger partial charge in [-0.1, -0.05) is 0 Å². The molecule has 1 amide bonds. The molecule has 2 N–H and O–H groups in total. The van der Waals surface area contributed by atoms with Gasteiger partial charge in [-0.25, -0.2) is 4.79 Å². The predicted molar refractivity (Wildman–Crippen MR) is 69.2 cm³/mol. The Hall–Kier alpha value is -2.04. The third kappa shape index (κ3) is 2.70. The van der Waals surface area contributed by atoms with Gasteiger partial charge in [0.15, 0.2) is 0 Å². The van der Waals surface area contributed by atoms with Gasteiger partial charge in [-0.3, -0.25) is 4.79 Å². The maximum absolute atomic E-state index is 12.4. The minimum atomic E-state index is -0.955. The number of phenols is 1. The number of rotatable bonds is 2. The normalized spacial score (nSPS) is 19.2. The average molecular weight is 263 g/mol. The summed E-state index contributed by atoms with van der Waals surface area (Å²) in [5, 5.41) is 18.6. The van der Waals surface area contributed by atoms with Gasteiger partial charge in [-0.05, 0) is 49.9 Å². The second kappa shape index (κ2) is 5.30. The van der Waals surface area contributed by atoms with E-state index in [2.05, 4.69) is 0 Å². The van der Waals surface area contributed by atoms with Crippen LogP contribution in [0.25, 0.3) is 0 Å². The molecule has 0 aromatic heterocycles. The number of carboxylic acids is 1. The molecular weight excluding hydrogens is 246 g/mol. The molecule has 0 unspecified atom stereocenters. The average Bonchev–Trinajstić information content (AvgIpc) is 2.41. The molecule has 0 spiro atoms. The van der Waals surface area contributed by atoms with E-state index in [1.54, 1.807) is 13.0 Å². The zero-order chi connectivity index (χ0) is 14.0. The second-order valence-electron chi connectivity index (χ2n) is 4.85. The van der Waals surface area contributed by atoms with Gasteiger partial charge < -0.3 is 15.1 Å². The maximum atomic E-state index is 12.4. The summed E-state index contributed by atoms with van der Waals surface area (Å²) < 4.78 is 0. The highest BCUT2D eigenvalue weighted by Gasteiger charge is 2.32. The Morgan fingerprint density at radius 1 is 1.32 bits per heavy atom. The maximum Gasteiger partial charge on any atom is 0.326 e. The summed E-state index contributed by atoms with van der Waals surface area (Å²) in [6.45, 7) is 2.17. The lowest BCUT2D eigenvalue weighted by Crippen LogP contribution is -2.47. The summed E-state index contributed by atoms with van der Waals surface area (Å²) in [5.41, 5.74) is 1.03. The van der Waals surface area contributed by atoms with Crippen LogP contribution in [0.1, 0.15) is 35.2 Å². The summed E-state index contributed by atoms with van der Waals surface area (Å²) in [4.78, 5) is 25.0. The molecule has 5 nitrogen and oxygen atoms in total. The van der Waals surface area contributed by atoms with E-state index in [1.807, 2.05) is 0 Å². The van der Waals surface area contributed by atoms with Crippen molar-refractivity contribution in [3.05, 3.63) is 29.3 Å². The summed E-state index contributed by atoms with van der Waals surface area (Å²) in [7, 11) is 0. The minimum Gasteiger partial charge on any atom is -0.508 e. The Morgan fingerprint density at radius 3 is 2.68 bits per heavy atom. The molecule has 0 saturated carbocycles. The van der Waals surface area contributed by atoms with E-state index < -0.39 is 12.0 Å². The number of carbonyl (C=O) groups excluding carboxylic acids is 1. The van der Waals surface area contributed by atoms with Crippen molar-refractivity contribution >= 4 is 11.9 Å². The Morgan fingerprint density at radius 2 is 2.05 bits per heavy atom. The molecule has 1 atom stereocenters. The van der Waals surface area contributed by atoms with Crippen LogP contribution in [0.2, 0.25) is 0 Å². The molecule has 5 heteroatoms. The van der Waals surface area contributed by atoms with Crippen molar-refractivity contribution < 1.29 is 19.8 Å². The van der Waals surface area contributed by atoms with E-state index in [0.717, 1.165) is 12.8 Å². The lowest BCUT2D eigenvalue weighted by Gasteiger charge is -2.33. The lowest BCUT2D eigenvalue weighted by molar-refractivity contribution is -0.143. The van der Waals surface area contributed by atoms with Gasteiger partial charge in [0.2, 0.25) is 0 Å². The molecule has 1 heterocycles. The Labute approximate surface area is 111 Å². The number of piperidine rings is 1. The van der Waals surface area contributed by atoms with Gasteiger partial charge in [0, 0.05) is 12.1 Å². The van der Waals surface area contributed by atoms with Gasteiger partial charge in [-0.2, -0.15) is 0 Å². The molecule has 0 radical (unpaired) electrons. The molecule has 1 aromatic carbocycles. The summed E-state index contributed by atoms with van der Waals surface area (Å²) in [6.07, 6.45) is 2.15. The molecule has 19 heavy (non-hydrogen) atoms. The minimum absolute atomic E-state index is 0.130. The zero-order valence-electron chi connectivity index (χ0n) is 10.8. The van der Waals surface area contributed by atoms with Crippen LogP contribution in [-0.4, -0.2) is 39.6 Å². The fourth-order valence-electron chi connectivity index (χ4n) is 2.39. The van der Waals surface area contributed by atoms with Crippen molar-refractivity contribution in [1.29, 1.82) is 0 Å².